The number of carbonyl (C=O) groups excluding carboxylic acids is 4. The SMILES string of the molecule is CCCCCCCCCCCCCCCCCCCCCCCCC(=O)O[C@H](COC(=O)CCCCCCCCCCCCCCCCCCCCCCC)COP(=O)(O)OC[C@@H](O)COP(=O)(O)OC[C@@H](COC(=O)CCCCCCCCCCC)OC(=O)CCCCCCCCCCCCCCCCCCC. The van der Waals surface area contributed by atoms with Gasteiger partial charge in [0.25, 0.3) is 0 Å². The van der Waals surface area contributed by atoms with E-state index < -0.39 is 97.5 Å². The molecule has 19 heteroatoms. The van der Waals surface area contributed by atoms with Crippen LogP contribution >= 0.6 is 15.6 Å². The lowest BCUT2D eigenvalue weighted by atomic mass is 10.0. The van der Waals surface area contributed by atoms with Gasteiger partial charge in [0.05, 0.1) is 26.4 Å². The molecule has 0 aliphatic rings. The van der Waals surface area contributed by atoms with Crippen LogP contribution in [0, 0.1) is 0 Å². The van der Waals surface area contributed by atoms with Crippen LogP contribution in [0.15, 0.2) is 0 Å². The first-order chi connectivity index (χ1) is 53.2. The van der Waals surface area contributed by atoms with Gasteiger partial charge in [-0.3, -0.25) is 37.3 Å². The highest BCUT2D eigenvalue weighted by Gasteiger charge is 2.30. The molecule has 3 N–H and O–H groups in total. The van der Waals surface area contributed by atoms with Gasteiger partial charge in [0.2, 0.25) is 0 Å². The zero-order valence-electron chi connectivity index (χ0n) is 71.5. The number of phosphoric acid groups is 2. The second kappa shape index (κ2) is 84.0. The van der Waals surface area contributed by atoms with E-state index in [0.29, 0.717) is 25.7 Å². The first-order valence-corrected chi connectivity index (χ1v) is 49.8. The molecule has 0 aliphatic carbocycles. The van der Waals surface area contributed by atoms with Crippen LogP contribution in [0.25, 0.3) is 0 Å². The van der Waals surface area contributed by atoms with Crippen molar-refractivity contribution in [3.8, 4) is 0 Å². The summed E-state index contributed by atoms with van der Waals surface area (Å²) >= 11 is 0. The van der Waals surface area contributed by atoms with Crippen molar-refractivity contribution in [2.24, 2.45) is 0 Å². The Bertz CT molecular complexity index is 2050. The number of carbonyl (C=O) groups is 4. The molecule has 648 valence electrons. The fourth-order valence-electron chi connectivity index (χ4n) is 14.2. The number of ether oxygens (including phenoxy) is 4. The van der Waals surface area contributed by atoms with Gasteiger partial charge in [0.1, 0.15) is 19.3 Å². The van der Waals surface area contributed by atoms with Crippen LogP contribution in [-0.2, 0) is 65.4 Å². The molecule has 0 fully saturated rings. The van der Waals surface area contributed by atoms with E-state index in [1.807, 2.05) is 0 Å². The van der Waals surface area contributed by atoms with Crippen molar-refractivity contribution in [3.63, 3.8) is 0 Å². The monoisotopic (exact) mass is 1590 g/mol. The molecule has 0 aliphatic heterocycles. The maximum Gasteiger partial charge on any atom is 0.472 e. The fraction of sp³-hybridized carbons (Fsp3) is 0.956. The normalized spacial score (nSPS) is 13.6. The summed E-state index contributed by atoms with van der Waals surface area (Å²) in [4.78, 5) is 73.3. The summed E-state index contributed by atoms with van der Waals surface area (Å²) in [7, 11) is -9.93. The second-order valence-electron chi connectivity index (χ2n) is 32.3. The minimum absolute atomic E-state index is 0.109. The Morgan fingerprint density at radius 3 is 0.541 bits per heavy atom. The number of hydrogen-bond acceptors (Lipinski definition) is 15. The number of rotatable bonds is 91. The van der Waals surface area contributed by atoms with E-state index in [1.165, 1.54) is 327 Å². The number of aliphatic hydroxyl groups is 1. The largest absolute Gasteiger partial charge is 0.472 e. The number of unbranched alkanes of at least 4 members (excludes halogenated alkanes) is 65. The van der Waals surface area contributed by atoms with E-state index in [2.05, 4.69) is 27.7 Å². The maximum absolute atomic E-state index is 13.2. The minimum Gasteiger partial charge on any atom is -0.462 e. The predicted octanol–water partition coefficient (Wildman–Crippen LogP) is 28.1. The van der Waals surface area contributed by atoms with Crippen molar-refractivity contribution in [3.05, 3.63) is 0 Å². The molecule has 0 bridgehead atoms. The maximum atomic E-state index is 13.2. The topological polar surface area (TPSA) is 237 Å². The average molecular weight is 1590 g/mol. The van der Waals surface area contributed by atoms with Crippen molar-refractivity contribution < 1.29 is 80.2 Å². The summed E-state index contributed by atoms with van der Waals surface area (Å²) in [6.45, 7) is 5.06. The van der Waals surface area contributed by atoms with Gasteiger partial charge < -0.3 is 33.8 Å². The summed E-state index contributed by atoms with van der Waals surface area (Å²) in [5, 5.41) is 10.7. The van der Waals surface area contributed by atoms with Crippen LogP contribution in [0.1, 0.15) is 496 Å². The molecule has 5 atom stereocenters. The Labute approximate surface area is 670 Å². The third-order valence-electron chi connectivity index (χ3n) is 21.4. The van der Waals surface area contributed by atoms with Gasteiger partial charge in [-0.1, -0.05) is 445 Å². The van der Waals surface area contributed by atoms with Gasteiger partial charge in [-0.05, 0) is 25.7 Å². The highest BCUT2D eigenvalue weighted by atomic mass is 31.2. The zero-order valence-corrected chi connectivity index (χ0v) is 73.3. The molecule has 2 unspecified atom stereocenters. The van der Waals surface area contributed by atoms with E-state index >= 15 is 0 Å². The highest BCUT2D eigenvalue weighted by Crippen LogP contribution is 2.45. The Hall–Kier alpha value is -1.94. The van der Waals surface area contributed by atoms with Gasteiger partial charge in [-0.25, -0.2) is 9.13 Å². The van der Waals surface area contributed by atoms with Crippen molar-refractivity contribution in [1.82, 2.24) is 0 Å². The third-order valence-corrected chi connectivity index (χ3v) is 23.3. The number of esters is 4. The fourth-order valence-corrected chi connectivity index (χ4v) is 15.8. The quantitative estimate of drug-likeness (QED) is 0.0222. The first-order valence-electron chi connectivity index (χ1n) is 46.8. The van der Waals surface area contributed by atoms with E-state index in [4.69, 9.17) is 37.0 Å². The molecule has 0 spiro atoms. The molecule has 0 radical (unpaired) electrons. The van der Waals surface area contributed by atoms with Crippen molar-refractivity contribution in [2.75, 3.05) is 39.6 Å². The summed E-state index contributed by atoms with van der Waals surface area (Å²) < 4.78 is 69.0. The Balaban J connectivity index is 5.19. The molecule has 0 amide bonds. The lowest BCUT2D eigenvalue weighted by Gasteiger charge is -2.21. The molecular formula is C90H176O17P2. The van der Waals surface area contributed by atoms with Crippen molar-refractivity contribution in [1.29, 1.82) is 0 Å². The summed E-state index contributed by atoms with van der Waals surface area (Å²) in [6.07, 6.45) is 80.8. The number of phosphoric ester groups is 2. The summed E-state index contributed by atoms with van der Waals surface area (Å²) in [5.41, 5.74) is 0. The smallest absolute Gasteiger partial charge is 0.462 e. The number of aliphatic hydroxyl groups excluding tert-OH is 1. The Kier molecular flexibility index (Phi) is 82.5. The van der Waals surface area contributed by atoms with Crippen LogP contribution in [-0.4, -0.2) is 96.7 Å². The van der Waals surface area contributed by atoms with E-state index in [0.717, 1.165) is 89.9 Å². The number of hydrogen-bond donors (Lipinski definition) is 3. The molecule has 0 aromatic heterocycles. The molecule has 0 aromatic carbocycles. The molecule has 0 saturated carbocycles. The van der Waals surface area contributed by atoms with Crippen molar-refractivity contribution >= 4 is 39.5 Å². The molecule has 17 nitrogen and oxygen atoms in total. The van der Waals surface area contributed by atoms with Gasteiger partial charge in [-0.15, -0.1) is 0 Å². The van der Waals surface area contributed by atoms with E-state index in [9.17, 15) is 43.2 Å². The van der Waals surface area contributed by atoms with Crippen LogP contribution in [0.2, 0.25) is 0 Å². The first kappa shape index (κ1) is 107. The van der Waals surface area contributed by atoms with Crippen LogP contribution < -0.4 is 0 Å². The van der Waals surface area contributed by atoms with Gasteiger partial charge in [0.15, 0.2) is 12.2 Å². The van der Waals surface area contributed by atoms with E-state index in [1.54, 1.807) is 0 Å². The van der Waals surface area contributed by atoms with Gasteiger partial charge >= 0.3 is 39.5 Å². The van der Waals surface area contributed by atoms with Crippen LogP contribution in [0.5, 0.6) is 0 Å². The molecular weight excluding hydrogens is 1410 g/mol. The lowest BCUT2D eigenvalue weighted by Crippen LogP contribution is -2.30. The van der Waals surface area contributed by atoms with Gasteiger partial charge in [-0.2, -0.15) is 0 Å². The third kappa shape index (κ3) is 83.8. The minimum atomic E-state index is -4.97. The van der Waals surface area contributed by atoms with Crippen LogP contribution in [0.4, 0.5) is 0 Å². The predicted molar refractivity (Wildman–Crippen MR) is 451 cm³/mol. The molecule has 0 rings (SSSR count). The lowest BCUT2D eigenvalue weighted by molar-refractivity contribution is -0.161. The Morgan fingerprint density at radius 1 is 0.220 bits per heavy atom. The summed E-state index contributed by atoms with van der Waals surface area (Å²) in [5.74, 6) is -2.10. The molecule has 0 heterocycles. The standard InChI is InChI=1S/C90H176O17P2/c1-5-9-13-17-21-25-28-31-34-37-39-41-43-45-48-51-54-57-61-65-69-73-77-90(95)107-86(81-101-88(93)75-71-67-63-59-55-52-49-47-44-42-40-38-35-32-29-26-22-18-14-10-6-2)83-105-109(98,99)103-79-84(91)78-102-108(96,97)104-82-85(80-100-87(92)74-70-66-62-58-24-20-16-12-8-4)106-89(94)76-72-68-64-60-56-53-50-46-36-33-30-27-23-19-15-11-7-3/h84-86,91H,5-83H2,1-4H3,(H,96,97)(H,98,99)/t84-,85+,86+/m0/s1. The molecule has 109 heavy (non-hydrogen) atoms. The van der Waals surface area contributed by atoms with E-state index in [-0.39, 0.29) is 25.7 Å². The van der Waals surface area contributed by atoms with Crippen molar-refractivity contribution in [2.45, 2.75) is 515 Å². The highest BCUT2D eigenvalue weighted by molar-refractivity contribution is 7.47. The zero-order chi connectivity index (χ0) is 79.6. The van der Waals surface area contributed by atoms with Crippen LogP contribution in [0.3, 0.4) is 0 Å². The summed E-state index contributed by atoms with van der Waals surface area (Å²) in [6, 6.07) is 0. The molecule has 0 aromatic rings. The average Bonchev–Trinajstić information content (AvgIpc) is 0.941. The second-order valence-corrected chi connectivity index (χ2v) is 35.3. The Morgan fingerprint density at radius 2 is 0.367 bits per heavy atom. The molecule has 0 saturated heterocycles. The van der Waals surface area contributed by atoms with Gasteiger partial charge in [0, 0.05) is 25.7 Å².